The molecule has 0 spiro atoms. The minimum absolute atomic E-state index is 0.174. The van der Waals surface area contributed by atoms with Crippen LogP contribution in [0.2, 0.25) is 0 Å². The predicted molar refractivity (Wildman–Crippen MR) is 51.6 cm³/mol. The van der Waals surface area contributed by atoms with Crippen molar-refractivity contribution in [3.05, 3.63) is 23.8 Å². The molecule has 17 heavy (non-hydrogen) atoms. The van der Waals surface area contributed by atoms with E-state index >= 15 is 0 Å². The number of aliphatic hydroxyl groups excluding tert-OH is 1. The minimum atomic E-state index is -4.58. The molecule has 0 aliphatic rings. The van der Waals surface area contributed by atoms with Crippen molar-refractivity contribution >= 4 is 0 Å². The minimum Gasteiger partial charge on any atom is -0.366 e. The molecule has 5 nitrogen and oxygen atoms in total. The fourth-order valence-corrected chi connectivity index (χ4v) is 1.09. The second-order valence-electron chi connectivity index (χ2n) is 3.17. The number of hydrogen-bond donors (Lipinski definition) is 2. The third-order valence-electron chi connectivity index (χ3n) is 1.91. The van der Waals surface area contributed by atoms with Gasteiger partial charge >= 0.3 is 6.18 Å². The summed E-state index contributed by atoms with van der Waals surface area (Å²) in [6.45, 7) is 1.79. The topological polar surface area (TPSA) is 81.3 Å². The van der Waals surface area contributed by atoms with Gasteiger partial charge in [0, 0.05) is 12.8 Å². The van der Waals surface area contributed by atoms with E-state index in [1.54, 1.807) is 6.92 Å². The molecule has 3 N–H and O–H groups in total. The highest BCUT2D eigenvalue weighted by atomic mass is 19.4. The molecule has 0 saturated carbocycles. The Labute approximate surface area is 95.4 Å². The SMILES string of the molecule is CCOC(O)C(N)c1nccc(C(F)(F)F)n1. The fourth-order valence-electron chi connectivity index (χ4n) is 1.09. The lowest BCUT2D eigenvalue weighted by Crippen LogP contribution is -2.31. The summed E-state index contributed by atoms with van der Waals surface area (Å²) in [7, 11) is 0. The van der Waals surface area contributed by atoms with E-state index in [0.29, 0.717) is 0 Å². The maximum atomic E-state index is 12.4. The molecule has 0 aliphatic carbocycles. The zero-order chi connectivity index (χ0) is 13.1. The lowest BCUT2D eigenvalue weighted by Gasteiger charge is -2.17. The van der Waals surface area contributed by atoms with Gasteiger partial charge in [0.1, 0.15) is 11.7 Å². The van der Waals surface area contributed by atoms with Crippen molar-refractivity contribution in [2.24, 2.45) is 5.73 Å². The first-order valence-corrected chi connectivity index (χ1v) is 4.81. The fraction of sp³-hybridized carbons (Fsp3) is 0.556. The Kier molecular flexibility index (Phi) is 4.38. The first kappa shape index (κ1) is 13.8. The van der Waals surface area contributed by atoms with Crippen molar-refractivity contribution in [3.63, 3.8) is 0 Å². The molecule has 8 heteroatoms. The first-order chi connectivity index (χ1) is 7.86. The summed E-state index contributed by atoms with van der Waals surface area (Å²) in [5.74, 6) is -0.319. The summed E-state index contributed by atoms with van der Waals surface area (Å²) >= 11 is 0. The quantitative estimate of drug-likeness (QED) is 0.775. The average Bonchev–Trinajstić information content (AvgIpc) is 2.27. The molecule has 0 aliphatic heterocycles. The Balaban J connectivity index is 2.92. The lowest BCUT2D eigenvalue weighted by atomic mass is 10.2. The van der Waals surface area contributed by atoms with Crippen LogP contribution in [0.4, 0.5) is 13.2 Å². The Morgan fingerprint density at radius 1 is 1.53 bits per heavy atom. The van der Waals surface area contributed by atoms with Crippen molar-refractivity contribution < 1.29 is 23.0 Å². The number of aliphatic hydroxyl groups is 1. The predicted octanol–water partition coefficient (Wildman–Crippen LogP) is 0.850. The Morgan fingerprint density at radius 2 is 2.18 bits per heavy atom. The zero-order valence-electron chi connectivity index (χ0n) is 8.98. The molecule has 2 atom stereocenters. The third-order valence-corrected chi connectivity index (χ3v) is 1.91. The molecule has 0 bridgehead atoms. The van der Waals surface area contributed by atoms with Crippen LogP contribution in [0.1, 0.15) is 24.5 Å². The molecule has 1 heterocycles. The number of aromatic nitrogens is 2. The van der Waals surface area contributed by atoms with Gasteiger partial charge < -0.3 is 15.6 Å². The summed E-state index contributed by atoms with van der Waals surface area (Å²) < 4.78 is 41.8. The van der Waals surface area contributed by atoms with Gasteiger partial charge in [-0.25, -0.2) is 9.97 Å². The highest BCUT2D eigenvalue weighted by Gasteiger charge is 2.33. The highest BCUT2D eigenvalue weighted by molar-refractivity contribution is 5.08. The Hall–Kier alpha value is -1.25. The second-order valence-corrected chi connectivity index (χ2v) is 3.17. The van der Waals surface area contributed by atoms with Crippen molar-refractivity contribution in [1.29, 1.82) is 0 Å². The number of halogens is 3. The number of alkyl halides is 3. The third kappa shape index (κ3) is 3.62. The molecule has 0 fully saturated rings. The van der Waals surface area contributed by atoms with Gasteiger partial charge in [0.15, 0.2) is 12.1 Å². The van der Waals surface area contributed by atoms with Crippen LogP contribution in [0, 0.1) is 0 Å². The van der Waals surface area contributed by atoms with E-state index < -0.39 is 24.2 Å². The Morgan fingerprint density at radius 3 is 2.71 bits per heavy atom. The summed E-state index contributed by atoms with van der Waals surface area (Å²) in [6.07, 6.45) is -5.08. The molecule has 1 rings (SSSR count). The molecule has 1 aromatic rings. The van der Waals surface area contributed by atoms with Gasteiger partial charge in [0.05, 0.1) is 0 Å². The maximum Gasteiger partial charge on any atom is 0.433 e. The van der Waals surface area contributed by atoms with Gasteiger partial charge in [-0.1, -0.05) is 0 Å². The van der Waals surface area contributed by atoms with Crippen LogP contribution in [0.3, 0.4) is 0 Å². The summed E-state index contributed by atoms with van der Waals surface area (Å²) in [6, 6.07) is -0.499. The normalized spacial score (nSPS) is 15.6. The molecule has 2 unspecified atom stereocenters. The molecular weight excluding hydrogens is 239 g/mol. The molecule has 96 valence electrons. The van der Waals surface area contributed by atoms with Crippen molar-refractivity contribution in [3.8, 4) is 0 Å². The van der Waals surface area contributed by atoms with Gasteiger partial charge in [-0.2, -0.15) is 13.2 Å². The van der Waals surface area contributed by atoms with Gasteiger partial charge in [0.2, 0.25) is 0 Å². The smallest absolute Gasteiger partial charge is 0.366 e. The van der Waals surface area contributed by atoms with Crippen LogP contribution < -0.4 is 5.73 Å². The van der Waals surface area contributed by atoms with Gasteiger partial charge in [-0.15, -0.1) is 0 Å². The van der Waals surface area contributed by atoms with E-state index in [1.165, 1.54) is 0 Å². The van der Waals surface area contributed by atoms with Crippen molar-refractivity contribution in [2.75, 3.05) is 6.61 Å². The summed E-state index contributed by atoms with van der Waals surface area (Å²) in [5, 5.41) is 9.36. The van der Waals surface area contributed by atoms with E-state index in [1.807, 2.05) is 0 Å². The molecule has 0 aromatic carbocycles. The molecule has 0 amide bonds. The number of nitrogens with zero attached hydrogens (tertiary/aromatic N) is 2. The van der Waals surface area contributed by atoms with Crippen LogP contribution in [0.5, 0.6) is 0 Å². The van der Waals surface area contributed by atoms with Crippen LogP contribution in [0.25, 0.3) is 0 Å². The molecule has 0 radical (unpaired) electrons. The lowest BCUT2D eigenvalue weighted by molar-refractivity contribution is -0.142. The van der Waals surface area contributed by atoms with E-state index in [0.717, 1.165) is 12.3 Å². The summed E-state index contributed by atoms with van der Waals surface area (Å²) in [4.78, 5) is 6.83. The van der Waals surface area contributed by atoms with E-state index in [-0.39, 0.29) is 12.4 Å². The van der Waals surface area contributed by atoms with E-state index in [2.05, 4.69) is 9.97 Å². The number of rotatable bonds is 4. The maximum absolute atomic E-state index is 12.4. The first-order valence-electron chi connectivity index (χ1n) is 4.81. The highest BCUT2D eigenvalue weighted by Crippen LogP contribution is 2.27. The van der Waals surface area contributed by atoms with Gasteiger partial charge in [-0.05, 0) is 13.0 Å². The summed E-state index contributed by atoms with van der Waals surface area (Å²) in [5.41, 5.74) is 4.36. The van der Waals surface area contributed by atoms with Crippen LogP contribution in [-0.4, -0.2) is 28.0 Å². The van der Waals surface area contributed by atoms with Crippen molar-refractivity contribution in [2.45, 2.75) is 25.4 Å². The molecular formula is C9H12F3N3O2. The van der Waals surface area contributed by atoms with Crippen LogP contribution in [-0.2, 0) is 10.9 Å². The second kappa shape index (κ2) is 5.39. The van der Waals surface area contributed by atoms with Gasteiger partial charge in [-0.3, -0.25) is 0 Å². The average molecular weight is 251 g/mol. The number of nitrogens with two attached hydrogens (primary N) is 1. The van der Waals surface area contributed by atoms with E-state index in [9.17, 15) is 18.3 Å². The molecule has 1 aromatic heterocycles. The standard InChI is InChI=1S/C9H12F3N3O2/c1-2-17-8(16)6(13)7-14-4-3-5(15-7)9(10,11)12/h3-4,6,8,16H,2,13H2,1H3. The Bertz CT molecular complexity index is 373. The number of hydrogen-bond acceptors (Lipinski definition) is 5. The van der Waals surface area contributed by atoms with Crippen LogP contribution in [0.15, 0.2) is 12.3 Å². The van der Waals surface area contributed by atoms with Crippen LogP contribution >= 0.6 is 0 Å². The molecule has 0 saturated heterocycles. The monoisotopic (exact) mass is 251 g/mol. The largest absolute Gasteiger partial charge is 0.433 e. The van der Waals surface area contributed by atoms with Gasteiger partial charge in [0.25, 0.3) is 0 Å². The number of ether oxygens (including phenoxy) is 1. The van der Waals surface area contributed by atoms with E-state index in [4.69, 9.17) is 10.5 Å². The van der Waals surface area contributed by atoms with Crippen molar-refractivity contribution in [1.82, 2.24) is 9.97 Å². The zero-order valence-corrected chi connectivity index (χ0v) is 8.98.